The van der Waals surface area contributed by atoms with Gasteiger partial charge in [-0.3, -0.25) is 0 Å². The number of nitrogens with two attached hydrogens (primary N) is 1. The molecule has 2 nitrogen and oxygen atoms in total. The van der Waals surface area contributed by atoms with E-state index in [0.29, 0.717) is 0 Å². The van der Waals surface area contributed by atoms with Crippen LogP contribution in [0, 0.1) is 0 Å². The van der Waals surface area contributed by atoms with Gasteiger partial charge in [-0.2, -0.15) is 0 Å². The fraction of sp³-hybridized carbons (Fsp3) is 0.600. The van der Waals surface area contributed by atoms with Crippen LogP contribution in [0.25, 0.3) is 0 Å². The van der Waals surface area contributed by atoms with Crippen molar-refractivity contribution in [2.75, 3.05) is 18.0 Å². The second-order valence-corrected chi connectivity index (χ2v) is 5.00. The van der Waals surface area contributed by atoms with Crippen LogP contribution in [0.5, 0.6) is 0 Å². The first-order chi connectivity index (χ1) is 8.33. The molecule has 0 spiro atoms. The molecular weight excluding hydrogens is 279 g/mol. The third-order valence-electron chi connectivity index (χ3n) is 3.63. The highest BCUT2D eigenvalue weighted by Gasteiger charge is 2.16. The predicted octanol–water partition coefficient (Wildman–Crippen LogP) is 4.32. The Morgan fingerprint density at radius 3 is 2.37 bits per heavy atom. The van der Waals surface area contributed by atoms with Gasteiger partial charge in [0.2, 0.25) is 0 Å². The van der Waals surface area contributed by atoms with Crippen LogP contribution in [-0.2, 0) is 0 Å². The number of benzene rings is 1. The summed E-state index contributed by atoms with van der Waals surface area (Å²) >= 11 is 0. The topological polar surface area (TPSA) is 29.3 Å². The van der Waals surface area contributed by atoms with E-state index in [0.717, 1.165) is 12.8 Å². The Bertz CT molecular complexity index is 352. The van der Waals surface area contributed by atoms with Crippen molar-refractivity contribution in [3.05, 3.63) is 29.8 Å². The van der Waals surface area contributed by atoms with Gasteiger partial charge < -0.3 is 10.6 Å². The van der Waals surface area contributed by atoms with Crippen molar-refractivity contribution in [1.82, 2.24) is 0 Å². The van der Waals surface area contributed by atoms with E-state index < -0.39 is 0 Å². The second kappa shape index (κ2) is 9.46. The normalized spacial score (nSPS) is 16.2. The van der Waals surface area contributed by atoms with Crippen LogP contribution in [0.1, 0.15) is 50.6 Å². The van der Waals surface area contributed by atoms with Crippen molar-refractivity contribution in [1.29, 1.82) is 0 Å². The van der Waals surface area contributed by atoms with E-state index in [1.807, 2.05) is 0 Å². The van der Waals surface area contributed by atoms with E-state index in [4.69, 9.17) is 5.73 Å². The number of nitrogens with zero attached hydrogens (tertiary/aromatic N) is 1. The van der Waals surface area contributed by atoms with Gasteiger partial charge in [0.05, 0.1) is 0 Å². The Hall–Kier alpha value is -0.440. The minimum atomic E-state index is 0. The quantitative estimate of drug-likeness (QED) is 0.897. The first-order valence-electron chi connectivity index (χ1n) is 6.92. The van der Waals surface area contributed by atoms with E-state index in [-0.39, 0.29) is 30.9 Å². The molecule has 1 unspecified atom stereocenters. The molecule has 0 aliphatic carbocycles. The number of anilines is 1. The summed E-state index contributed by atoms with van der Waals surface area (Å²) in [5, 5.41) is 0. The van der Waals surface area contributed by atoms with Crippen molar-refractivity contribution in [2.24, 2.45) is 5.73 Å². The molecule has 1 aliphatic rings. The lowest BCUT2D eigenvalue weighted by molar-refractivity contribution is 0.570. The van der Waals surface area contributed by atoms with Crippen LogP contribution in [0.15, 0.2) is 24.3 Å². The third-order valence-corrected chi connectivity index (χ3v) is 3.63. The fourth-order valence-electron chi connectivity index (χ4n) is 2.69. The lowest BCUT2D eigenvalue weighted by Crippen LogP contribution is -2.31. The SMILES string of the molecule is CCCC(N)c1ccccc1N1CCCCC1.Cl.Cl. The Morgan fingerprint density at radius 2 is 1.74 bits per heavy atom. The standard InChI is InChI=1S/C15H24N2.2ClH/c1-2-8-14(16)13-9-4-5-10-15(13)17-11-6-3-7-12-17;;/h4-5,9-10,14H,2-3,6-8,11-12,16H2,1H3;2*1H. The number of para-hydroxylation sites is 1. The smallest absolute Gasteiger partial charge is 0.0414 e. The molecule has 1 aromatic rings. The lowest BCUT2D eigenvalue weighted by Gasteiger charge is -2.31. The molecule has 19 heavy (non-hydrogen) atoms. The van der Waals surface area contributed by atoms with Gasteiger partial charge in [-0.05, 0) is 37.3 Å². The summed E-state index contributed by atoms with van der Waals surface area (Å²) in [6, 6.07) is 8.86. The van der Waals surface area contributed by atoms with E-state index in [1.54, 1.807) is 0 Å². The molecular formula is C15H26Cl2N2. The van der Waals surface area contributed by atoms with Crippen LogP contribution in [0.3, 0.4) is 0 Å². The average Bonchev–Trinajstić information content (AvgIpc) is 2.40. The Balaban J connectivity index is 0.00000162. The molecule has 1 saturated heterocycles. The number of halogens is 2. The maximum atomic E-state index is 6.29. The minimum absolute atomic E-state index is 0. The minimum Gasteiger partial charge on any atom is -0.371 e. The van der Waals surface area contributed by atoms with E-state index >= 15 is 0 Å². The first kappa shape index (κ1) is 18.6. The summed E-state index contributed by atoms with van der Waals surface area (Å²) in [6.07, 6.45) is 6.23. The van der Waals surface area contributed by atoms with E-state index in [1.165, 1.54) is 43.6 Å². The molecule has 4 heteroatoms. The maximum absolute atomic E-state index is 6.29. The van der Waals surface area contributed by atoms with Gasteiger partial charge in [-0.1, -0.05) is 31.5 Å². The molecule has 0 bridgehead atoms. The molecule has 110 valence electrons. The van der Waals surface area contributed by atoms with Gasteiger partial charge in [0.25, 0.3) is 0 Å². The molecule has 0 amide bonds. The molecule has 1 heterocycles. The fourth-order valence-corrected chi connectivity index (χ4v) is 2.69. The summed E-state index contributed by atoms with van der Waals surface area (Å²) in [5.74, 6) is 0. The largest absolute Gasteiger partial charge is 0.371 e. The summed E-state index contributed by atoms with van der Waals surface area (Å²) in [7, 11) is 0. The lowest BCUT2D eigenvalue weighted by atomic mass is 9.99. The monoisotopic (exact) mass is 304 g/mol. The molecule has 1 atom stereocenters. The van der Waals surface area contributed by atoms with Crippen LogP contribution < -0.4 is 10.6 Å². The molecule has 0 radical (unpaired) electrons. The van der Waals surface area contributed by atoms with Crippen molar-refractivity contribution >= 4 is 30.5 Å². The van der Waals surface area contributed by atoms with Crippen LogP contribution >= 0.6 is 24.8 Å². The third kappa shape index (κ3) is 4.87. The van der Waals surface area contributed by atoms with E-state index in [2.05, 4.69) is 36.1 Å². The van der Waals surface area contributed by atoms with Gasteiger partial charge >= 0.3 is 0 Å². The van der Waals surface area contributed by atoms with Gasteiger partial charge in [0, 0.05) is 24.8 Å². The van der Waals surface area contributed by atoms with Crippen molar-refractivity contribution in [3.63, 3.8) is 0 Å². The van der Waals surface area contributed by atoms with Crippen LogP contribution in [0.2, 0.25) is 0 Å². The molecule has 0 aromatic heterocycles. The Morgan fingerprint density at radius 1 is 1.11 bits per heavy atom. The van der Waals surface area contributed by atoms with Crippen molar-refractivity contribution in [3.8, 4) is 0 Å². The van der Waals surface area contributed by atoms with Gasteiger partial charge in [-0.15, -0.1) is 24.8 Å². The van der Waals surface area contributed by atoms with Crippen LogP contribution in [0.4, 0.5) is 5.69 Å². The predicted molar refractivity (Wildman–Crippen MR) is 88.8 cm³/mol. The van der Waals surface area contributed by atoms with Gasteiger partial charge in [0.1, 0.15) is 0 Å². The zero-order valence-corrected chi connectivity index (χ0v) is 13.3. The van der Waals surface area contributed by atoms with Crippen molar-refractivity contribution < 1.29 is 0 Å². The molecule has 2 N–H and O–H groups in total. The second-order valence-electron chi connectivity index (χ2n) is 5.00. The summed E-state index contributed by atoms with van der Waals surface area (Å²) in [5.41, 5.74) is 8.98. The number of piperidine rings is 1. The zero-order valence-electron chi connectivity index (χ0n) is 11.7. The molecule has 0 saturated carbocycles. The Labute approximate surface area is 129 Å². The Kier molecular flexibility index (Phi) is 9.24. The highest BCUT2D eigenvalue weighted by molar-refractivity contribution is 5.85. The molecule has 2 rings (SSSR count). The summed E-state index contributed by atoms with van der Waals surface area (Å²) in [6.45, 7) is 4.58. The van der Waals surface area contributed by atoms with Crippen molar-refractivity contribution in [2.45, 2.75) is 45.1 Å². The summed E-state index contributed by atoms with van der Waals surface area (Å²) < 4.78 is 0. The average molecular weight is 305 g/mol. The summed E-state index contributed by atoms with van der Waals surface area (Å²) in [4.78, 5) is 2.51. The highest BCUT2D eigenvalue weighted by Crippen LogP contribution is 2.29. The molecule has 1 fully saturated rings. The molecule has 1 aliphatic heterocycles. The number of hydrogen-bond acceptors (Lipinski definition) is 2. The van der Waals surface area contributed by atoms with Crippen LogP contribution in [-0.4, -0.2) is 13.1 Å². The van der Waals surface area contributed by atoms with Gasteiger partial charge in [0.15, 0.2) is 0 Å². The maximum Gasteiger partial charge on any atom is 0.0414 e. The number of hydrogen-bond donors (Lipinski definition) is 1. The van der Waals surface area contributed by atoms with Gasteiger partial charge in [-0.25, -0.2) is 0 Å². The zero-order chi connectivity index (χ0) is 12.1. The highest BCUT2D eigenvalue weighted by atomic mass is 35.5. The molecule has 1 aromatic carbocycles. The first-order valence-corrected chi connectivity index (χ1v) is 6.92. The van der Waals surface area contributed by atoms with E-state index in [9.17, 15) is 0 Å². The number of rotatable bonds is 4.